The number of benzene rings is 2. The van der Waals surface area contributed by atoms with Crippen LogP contribution in [0.2, 0.25) is 5.02 Å². The number of hydrogen-bond donors (Lipinski definition) is 1. The molecule has 4 aromatic rings. The third-order valence-corrected chi connectivity index (χ3v) is 4.56. The van der Waals surface area contributed by atoms with Crippen LogP contribution in [0.5, 0.6) is 0 Å². The average molecular weight is 357 g/mol. The second kappa shape index (κ2) is 6.67. The maximum absolute atomic E-state index is 5.98. The van der Waals surface area contributed by atoms with Crippen molar-refractivity contribution >= 4 is 34.4 Å². The molecule has 2 heterocycles. The molecule has 0 saturated heterocycles. The van der Waals surface area contributed by atoms with Gasteiger partial charge in [-0.15, -0.1) is 0 Å². The summed E-state index contributed by atoms with van der Waals surface area (Å²) in [7, 11) is 0. The van der Waals surface area contributed by atoms with Crippen LogP contribution in [-0.4, -0.2) is 20.1 Å². The molecule has 0 atom stereocenters. The quantitative estimate of drug-likeness (QED) is 0.534. The fraction of sp³-hybridized carbons (Fsp3) is 0.118. The molecule has 0 unspecified atom stereocenters. The number of rotatable bonds is 5. The maximum atomic E-state index is 5.98. The Morgan fingerprint density at radius 1 is 1.08 bits per heavy atom. The minimum absolute atomic E-state index is 0.565. The van der Waals surface area contributed by atoms with Crippen molar-refractivity contribution in [3.05, 3.63) is 70.8 Å². The maximum Gasteiger partial charge on any atom is 0.237 e. The minimum atomic E-state index is 0.565. The first-order valence-electron chi connectivity index (χ1n) is 7.40. The summed E-state index contributed by atoms with van der Waals surface area (Å²) in [6.45, 7) is 0. The molecule has 0 bridgehead atoms. The van der Waals surface area contributed by atoms with Crippen molar-refractivity contribution in [3.63, 3.8) is 0 Å². The topological polar surface area (TPSA) is 67.6 Å². The lowest BCUT2D eigenvalue weighted by atomic mass is 10.1. The summed E-state index contributed by atoms with van der Waals surface area (Å²) in [6.07, 6.45) is 0.665. The first-order valence-corrected chi connectivity index (χ1v) is 8.76. The summed E-state index contributed by atoms with van der Waals surface area (Å²) >= 11 is 7.50. The summed E-state index contributed by atoms with van der Waals surface area (Å²) in [4.78, 5) is 12.2. The number of nitrogens with zero attached hydrogens (tertiary/aromatic N) is 3. The number of hydrogen-bond acceptors (Lipinski definition) is 5. The smallest absolute Gasteiger partial charge is 0.237 e. The Morgan fingerprint density at radius 3 is 2.83 bits per heavy atom. The number of fused-ring (bicyclic) bond motifs is 1. The summed E-state index contributed by atoms with van der Waals surface area (Å²) in [5, 5.41) is 5.52. The molecule has 0 aliphatic carbocycles. The number of halogens is 1. The molecule has 4 rings (SSSR count). The van der Waals surface area contributed by atoms with Gasteiger partial charge in [-0.3, -0.25) is 0 Å². The van der Waals surface area contributed by atoms with Crippen molar-refractivity contribution < 1.29 is 4.52 Å². The molecule has 0 fully saturated rings. The number of nitrogens with one attached hydrogen (secondary N) is 1. The highest BCUT2D eigenvalue weighted by Crippen LogP contribution is 2.24. The van der Waals surface area contributed by atoms with E-state index in [4.69, 9.17) is 16.1 Å². The van der Waals surface area contributed by atoms with Gasteiger partial charge in [0.1, 0.15) is 0 Å². The van der Waals surface area contributed by atoms with Crippen LogP contribution in [0.3, 0.4) is 0 Å². The zero-order valence-electron chi connectivity index (χ0n) is 12.6. The molecule has 7 heteroatoms. The Balaban J connectivity index is 1.42. The molecule has 2 aromatic heterocycles. The lowest BCUT2D eigenvalue weighted by molar-refractivity contribution is 0.385. The summed E-state index contributed by atoms with van der Waals surface area (Å²) in [6, 6.07) is 15.7. The van der Waals surface area contributed by atoms with Crippen molar-refractivity contribution in [2.24, 2.45) is 0 Å². The Hall–Kier alpha value is -2.31. The van der Waals surface area contributed by atoms with Crippen LogP contribution in [0.1, 0.15) is 17.3 Å². The van der Waals surface area contributed by atoms with Gasteiger partial charge in [0.15, 0.2) is 11.0 Å². The molecule has 1 N–H and O–H groups in total. The highest BCUT2D eigenvalue weighted by Gasteiger charge is 2.10. The third-order valence-electron chi connectivity index (χ3n) is 3.47. The highest BCUT2D eigenvalue weighted by molar-refractivity contribution is 7.98. The number of aromatic nitrogens is 4. The van der Waals surface area contributed by atoms with E-state index in [1.807, 2.05) is 48.5 Å². The van der Waals surface area contributed by atoms with Gasteiger partial charge in [-0.2, -0.15) is 4.98 Å². The molecule has 120 valence electrons. The van der Waals surface area contributed by atoms with Crippen molar-refractivity contribution in [1.29, 1.82) is 0 Å². The number of imidazole rings is 1. The molecular formula is C17H13ClN4OS. The number of H-pyrrole nitrogens is 1. The molecule has 5 nitrogen and oxygen atoms in total. The molecule has 0 aliphatic rings. The van der Waals surface area contributed by atoms with Crippen molar-refractivity contribution in [2.75, 3.05) is 0 Å². The van der Waals surface area contributed by atoms with E-state index >= 15 is 0 Å². The predicted octanol–water partition coefficient (Wildman–Crippen LogP) is 4.48. The van der Waals surface area contributed by atoms with Gasteiger partial charge in [0.05, 0.1) is 16.8 Å². The number of aromatic amines is 1. The third kappa shape index (κ3) is 3.44. The normalized spacial score (nSPS) is 11.2. The van der Waals surface area contributed by atoms with Crippen LogP contribution in [0.25, 0.3) is 11.0 Å². The van der Waals surface area contributed by atoms with Crippen LogP contribution in [-0.2, 0) is 12.2 Å². The molecule has 0 aliphatic heterocycles. The molecule has 0 amide bonds. The van der Waals surface area contributed by atoms with E-state index in [0.29, 0.717) is 28.9 Å². The van der Waals surface area contributed by atoms with Gasteiger partial charge in [-0.1, -0.05) is 58.9 Å². The SMILES string of the molecule is Clc1ccc2nc(SCc3nc(Cc4ccccc4)no3)[nH]c2c1. The van der Waals surface area contributed by atoms with Crippen molar-refractivity contribution in [2.45, 2.75) is 17.3 Å². The first-order chi connectivity index (χ1) is 11.8. The largest absolute Gasteiger partial charge is 0.338 e. The standard InChI is InChI=1S/C17H13ClN4OS/c18-12-6-7-13-14(9-12)20-17(19-13)24-10-16-21-15(22-23-16)8-11-4-2-1-3-5-11/h1-7,9H,8,10H2,(H,19,20). The second-order valence-corrected chi connectivity index (χ2v) is 6.66. The molecule has 0 radical (unpaired) electrons. The zero-order valence-corrected chi connectivity index (χ0v) is 14.1. The fourth-order valence-electron chi connectivity index (χ4n) is 2.36. The van der Waals surface area contributed by atoms with E-state index in [1.54, 1.807) is 0 Å². The van der Waals surface area contributed by atoms with Crippen LogP contribution in [0.15, 0.2) is 58.2 Å². The van der Waals surface area contributed by atoms with E-state index in [2.05, 4.69) is 20.1 Å². The van der Waals surface area contributed by atoms with Gasteiger partial charge in [0.25, 0.3) is 0 Å². The number of thioether (sulfide) groups is 1. The van der Waals surface area contributed by atoms with Gasteiger partial charge >= 0.3 is 0 Å². The van der Waals surface area contributed by atoms with Crippen LogP contribution in [0.4, 0.5) is 0 Å². The predicted molar refractivity (Wildman–Crippen MR) is 94.2 cm³/mol. The average Bonchev–Trinajstić information content (AvgIpc) is 3.20. The molecule has 0 spiro atoms. The zero-order chi connectivity index (χ0) is 16.4. The van der Waals surface area contributed by atoms with Gasteiger partial charge in [-0.25, -0.2) is 4.98 Å². The van der Waals surface area contributed by atoms with Crippen molar-refractivity contribution in [1.82, 2.24) is 20.1 Å². The van der Waals surface area contributed by atoms with Gasteiger partial charge < -0.3 is 9.51 Å². The van der Waals surface area contributed by atoms with Gasteiger partial charge in [0.2, 0.25) is 5.89 Å². The van der Waals surface area contributed by atoms with E-state index in [1.165, 1.54) is 11.8 Å². The lowest BCUT2D eigenvalue weighted by Gasteiger charge is -1.94. The molecular weight excluding hydrogens is 344 g/mol. The Kier molecular flexibility index (Phi) is 4.23. The van der Waals surface area contributed by atoms with E-state index < -0.39 is 0 Å². The van der Waals surface area contributed by atoms with Gasteiger partial charge in [-0.05, 0) is 23.8 Å². The Labute approximate surface area is 147 Å². The molecule has 0 saturated carbocycles. The fourth-order valence-corrected chi connectivity index (χ4v) is 3.25. The molecule has 24 heavy (non-hydrogen) atoms. The minimum Gasteiger partial charge on any atom is -0.338 e. The van der Waals surface area contributed by atoms with Crippen LogP contribution < -0.4 is 0 Å². The summed E-state index contributed by atoms with van der Waals surface area (Å²) < 4.78 is 5.31. The van der Waals surface area contributed by atoms with Crippen LogP contribution in [0, 0.1) is 0 Å². The Morgan fingerprint density at radius 2 is 1.96 bits per heavy atom. The highest BCUT2D eigenvalue weighted by atomic mass is 35.5. The second-order valence-electron chi connectivity index (χ2n) is 5.26. The Bertz CT molecular complexity index is 967. The van der Waals surface area contributed by atoms with Gasteiger partial charge in [0, 0.05) is 11.4 Å². The van der Waals surface area contributed by atoms with E-state index in [-0.39, 0.29) is 0 Å². The summed E-state index contributed by atoms with van der Waals surface area (Å²) in [5.41, 5.74) is 2.96. The van der Waals surface area contributed by atoms with E-state index in [0.717, 1.165) is 21.8 Å². The monoisotopic (exact) mass is 356 g/mol. The lowest BCUT2D eigenvalue weighted by Crippen LogP contribution is -1.90. The van der Waals surface area contributed by atoms with Crippen LogP contribution >= 0.6 is 23.4 Å². The van der Waals surface area contributed by atoms with Crippen molar-refractivity contribution in [3.8, 4) is 0 Å². The van der Waals surface area contributed by atoms with E-state index in [9.17, 15) is 0 Å². The molecule has 2 aromatic carbocycles. The first kappa shape index (κ1) is 15.2. The summed E-state index contributed by atoms with van der Waals surface area (Å²) in [5.74, 6) is 1.84.